The first-order chi connectivity index (χ1) is 4.45. The Kier molecular flexibility index (Phi) is 2.63. The van der Waals surface area contributed by atoms with Gasteiger partial charge in [-0.25, -0.2) is 4.79 Å². The third kappa shape index (κ3) is 1.37. The summed E-state index contributed by atoms with van der Waals surface area (Å²) in [5, 5.41) is 17.0. The van der Waals surface area contributed by atoms with Crippen molar-refractivity contribution in [2.24, 2.45) is 0 Å². The second-order valence-corrected chi connectivity index (χ2v) is 2.14. The van der Waals surface area contributed by atoms with Crippen LogP contribution in [-0.2, 0) is 4.79 Å². The van der Waals surface area contributed by atoms with Crippen molar-refractivity contribution in [1.29, 1.82) is 0 Å². The quantitative estimate of drug-likeness (QED) is 0.602. The predicted octanol–water partition coefficient (Wildman–Crippen LogP) is 0.741. The van der Waals surface area contributed by atoms with E-state index in [9.17, 15) is 4.79 Å². The van der Waals surface area contributed by atoms with E-state index in [1.54, 1.807) is 0 Å². The SMILES string of the molecule is C=CC(O)(C(=C)Cl)C(=O)O. The molecule has 0 aliphatic heterocycles. The normalized spacial score (nSPS) is 15.4. The van der Waals surface area contributed by atoms with Crippen LogP contribution in [0, 0.1) is 0 Å². The van der Waals surface area contributed by atoms with Crippen LogP contribution in [0.2, 0.25) is 0 Å². The highest BCUT2D eigenvalue weighted by Gasteiger charge is 2.34. The monoisotopic (exact) mass is 162 g/mol. The smallest absolute Gasteiger partial charge is 0.345 e. The molecule has 0 amide bonds. The van der Waals surface area contributed by atoms with Crippen LogP contribution >= 0.6 is 11.6 Å². The summed E-state index contributed by atoms with van der Waals surface area (Å²) in [7, 11) is 0. The van der Waals surface area contributed by atoms with Gasteiger partial charge in [0.25, 0.3) is 0 Å². The molecule has 0 fully saturated rings. The Morgan fingerprint density at radius 3 is 2.10 bits per heavy atom. The minimum absolute atomic E-state index is 0.380. The molecule has 10 heavy (non-hydrogen) atoms. The van der Waals surface area contributed by atoms with E-state index in [4.69, 9.17) is 21.8 Å². The molecule has 0 bridgehead atoms. The molecule has 0 aromatic carbocycles. The van der Waals surface area contributed by atoms with E-state index in [1.807, 2.05) is 0 Å². The van der Waals surface area contributed by atoms with Crippen molar-refractivity contribution < 1.29 is 15.0 Å². The summed E-state index contributed by atoms with van der Waals surface area (Å²) in [6, 6.07) is 0. The van der Waals surface area contributed by atoms with E-state index < -0.39 is 11.6 Å². The van der Waals surface area contributed by atoms with Gasteiger partial charge in [-0.15, -0.1) is 0 Å². The Morgan fingerprint density at radius 2 is 2.10 bits per heavy atom. The first-order valence-electron chi connectivity index (χ1n) is 2.39. The standard InChI is InChI=1S/C6H7ClO3/c1-3-6(10,4(2)7)5(8)9/h3,10H,1-2H2,(H,8,9). The van der Waals surface area contributed by atoms with Crippen LogP contribution in [-0.4, -0.2) is 21.8 Å². The van der Waals surface area contributed by atoms with Crippen molar-refractivity contribution >= 4 is 17.6 Å². The number of aliphatic hydroxyl groups is 1. The molecule has 0 heterocycles. The molecule has 1 unspecified atom stereocenters. The largest absolute Gasteiger partial charge is 0.479 e. The summed E-state index contributed by atoms with van der Waals surface area (Å²) < 4.78 is 0. The average Bonchev–Trinajstić information content (AvgIpc) is 1.85. The lowest BCUT2D eigenvalue weighted by atomic mass is 10.1. The summed E-state index contributed by atoms with van der Waals surface area (Å²) >= 11 is 5.18. The van der Waals surface area contributed by atoms with Gasteiger partial charge in [-0.1, -0.05) is 24.8 Å². The van der Waals surface area contributed by atoms with Gasteiger partial charge < -0.3 is 10.2 Å². The molecule has 0 aromatic rings. The molecule has 3 nitrogen and oxygen atoms in total. The molecular weight excluding hydrogens is 156 g/mol. The number of hydrogen-bond donors (Lipinski definition) is 2. The number of carboxylic acids is 1. The molecule has 4 heteroatoms. The molecular formula is C6H7ClO3. The van der Waals surface area contributed by atoms with Gasteiger partial charge in [0.05, 0.1) is 5.03 Å². The summed E-state index contributed by atoms with van der Waals surface area (Å²) in [6.07, 6.45) is 0.810. The van der Waals surface area contributed by atoms with Gasteiger partial charge in [0.15, 0.2) is 0 Å². The van der Waals surface area contributed by atoms with Crippen LogP contribution in [0.4, 0.5) is 0 Å². The highest BCUT2D eigenvalue weighted by atomic mass is 35.5. The molecule has 0 aliphatic carbocycles. The molecule has 0 saturated carbocycles. The fraction of sp³-hybridized carbons (Fsp3) is 0.167. The molecule has 0 radical (unpaired) electrons. The van der Waals surface area contributed by atoms with Crippen molar-refractivity contribution in [3.05, 3.63) is 24.3 Å². The first-order valence-corrected chi connectivity index (χ1v) is 2.77. The summed E-state index contributed by atoms with van der Waals surface area (Å²) in [4.78, 5) is 10.2. The van der Waals surface area contributed by atoms with Crippen LogP contribution in [0.15, 0.2) is 24.3 Å². The van der Waals surface area contributed by atoms with E-state index in [0.717, 1.165) is 6.08 Å². The van der Waals surface area contributed by atoms with E-state index >= 15 is 0 Å². The Bertz CT molecular complexity index is 171. The number of hydrogen-bond acceptors (Lipinski definition) is 2. The van der Waals surface area contributed by atoms with Crippen molar-refractivity contribution in [3.63, 3.8) is 0 Å². The summed E-state index contributed by atoms with van der Waals surface area (Å²) in [6.45, 7) is 6.18. The summed E-state index contributed by atoms with van der Waals surface area (Å²) in [5.74, 6) is -1.48. The number of rotatable bonds is 3. The Labute approximate surface area is 63.2 Å². The molecule has 0 aromatic heterocycles. The van der Waals surface area contributed by atoms with Crippen molar-refractivity contribution in [2.75, 3.05) is 0 Å². The Hall–Kier alpha value is -0.800. The van der Waals surface area contributed by atoms with Gasteiger partial charge in [-0.2, -0.15) is 0 Å². The lowest BCUT2D eigenvalue weighted by Crippen LogP contribution is -2.36. The highest BCUT2D eigenvalue weighted by Crippen LogP contribution is 2.19. The molecule has 0 rings (SSSR count). The Balaban J connectivity index is 4.72. The zero-order valence-corrected chi connectivity index (χ0v) is 5.93. The van der Waals surface area contributed by atoms with Crippen molar-refractivity contribution in [2.45, 2.75) is 5.60 Å². The minimum Gasteiger partial charge on any atom is -0.479 e. The predicted molar refractivity (Wildman–Crippen MR) is 37.8 cm³/mol. The molecule has 0 spiro atoms. The maximum absolute atomic E-state index is 10.2. The maximum Gasteiger partial charge on any atom is 0.345 e. The molecule has 2 N–H and O–H groups in total. The lowest BCUT2D eigenvalue weighted by molar-refractivity contribution is -0.149. The van der Waals surface area contributed by atoms with Crippen LogP contribution in [0.25, 0.3) is 0 Å². The van der Waals surface area contributed by atoms with E-state index in [0.29, 0.717) is 0 Å². The van der Waals surface area contributed by atoms with Crippen LogP contribution in [0.3, 0.4) is 0 Å². The average molecular weight is 163 g/mol. The van der Waals surface area contributed by atoms with Gasteiger partial charge in [0.1, 0.15) is 0 Å². The van der Waals surface area contributed by atoms with Crippen LogP contribution < -0.4 is 0 Å². The molecule has 0 aliphatic rings. The van der Waals surface area contributed by atoms with Crippen molar-refractivity contribution in [1.82, 2.24) is 0 Å². The van der Waals surface area contributed by atoms with E-state index in [-0.39, 0.29) is 5.03 Å². The number of carboxylic acid groups (broad SMARTS) is 1. The van der Waals surface area contributed by atoms with Crippen LogP contribution in [0.5, 0.6) is 0 Å². The second-order valence-electron chi connectivity index (χ2n) is 1.68. The molecule has 0 saturated heterocycles. The number of aliphatic carboxylic acids is 1. The summed E-state index contributed by atoms with van der Waals surface area (Å²) in [5.41, 5.74) is -2.21. The third-order valence-electron chi connectivity index (χ3n) is 1.04. The second kappa shape index (κ2) is 2.86. The zero-order chi connectivity index (χ0) is 8.36. The zero-order valence-electron chi connectivity index (χ0n) is 5.17. The van der Waals surface area contributed by atoms with Crippen LogP contribution in [0.1, 0.15) is 0 Å². The van der Waals surface area contributed by atoms with Gasteiger partial charge in [-0.05, 0) is 6.08 Å². The molecule has 1 atom stereocenters. The highest BCUT2D eigenvalue weighted by molar-refractivity contribution is 6.32. The van der Waals surface area contributed by atoms with Crippen molar-refractivity contribution in [3.8, 4) is 0 Å². The van der Waals surface area contributed by atoms with Gasteiger partial charge >= 0.3 is 5.97 Å². The topological polar surface area (TPSA) is 57.5 Å². The van der Waals surface area contributed by atoms with E-state index in [2.05, 4.69) is 13.2 Å². The number of carbonyl (C=O) groups is 1. The fourth-order valence-electron chi connectivity index (χ4n) is 0.314. The first kappa shape index (κ1) is 9.20. The lowest BCUT2D eigenvalue weighted by Gasteiger charge is -2.16. The van der Waals surface area contributed by atoms with Gasteiger partial charge in [0, 0.05) is 0 Å². The van der Waals surface area contributed by atoms with E-state index in [1.165, 1.54) is 0 Å². The fourth-order valence-corrected chi connectivity index (χ4v) is 0.472. The number of halogens is 1. The Morgan fingerprint density at radius 1 is 1.70 bits per heavy atom. The molecule has 56 valence electrons. The van der Waals surface area contributed by atoms with Gasteiger partial charge in [-0.3, -0.25) is 0 Å². The maximum atomic E-state index is 10.2. The minimum atomic E-state index is -2.21. The van der Waals surface area contributed by atoms with Gasteiger partial charge in [0.2, 0.25) is 5.60 Å². The third-order valence-corrected chi connectivity index (χ3v) is 1.32.